The van der Waals surface area contributed by atoms with Crippen LogP contribution in [0.3, 0.4) is 0 Å². The van der Waals surface area contributed by atoms with Crippen LogP contribution in [0, 0.1) is 24.2 Å². The molecule has 0 spiro atoms. The molecule has 0 radical (unpaired) electrons. The Morgan fingerprint density at radius 1 is 1.44 bits per heavy atom. The smallest absolute Gasteiger partial charge is 0.241 e. The van der Waals surface area contributed by atoms with Gasteiger partial charge in [0.2, 0.25) is 5.91 Å². The Kier molecular flexibility index (Phi) is 5.38. The predicted octanol–water partition coefficient (Wildman–Crippen LogP) is 3.44. The van der Waals surface area contributed by atoms with Crippen LogP contribution in [-0.4, -0.2) is 5.91 Å². The molecule has 0 bridgehead atoms. The molecule has 18 heavy (non-hydrogen) atoms. The molecule has 0 aliphatic rings. The predicted molar refractivity (Wildman–Crippen MR) is 73.2 cm³/mol. The third-order valence-electron chi connectivity index (χ3n) is 3.04. The van der Waals surface area contributed by atoms with Gasteiger partial charge in [-0.05, 0) is 30.9 Å². The first-order valence-electron chi connectivity index (χ1n) is 6.43. The van der Waals surface area contributed by atoms with Gasteiger partial charge in [-0.15, -0.1) is 0 Å². The van der Waals surface area contributed by atoms with E-state index in [9.17, 15) is 4.79 Å². The van der Waals surface area contributed by atoms with Crippen LogP contribution < -0.4 is 5.32 Å². The topological polar surface area (TPSA) is 52.9 Å². The van der Waals surface area contributed by atoms with Crippen LogP contribution in [-0.2, 0) is 11.2 Å². The molecule has 1 amide bonds. The molecular weight excluding hydrogens is 224 g/mol. The molecule has 0 heterocycles. The quantitative estimate of drug-likeness (QED) is 0.862. The van der Waals surface area contributed by atoms with Gasteiger partial charge >= 0.3 is 0 Å². The number of aryl methyl sites for hydroxylation is 2. The lowest BCUT2D eigenvalue weighted by atomic mass is 10.0. The van der Waals surface area contributed by atoms with Gasteiger partial charge in [-0.2, -0.15) is 5.26 Å². The zero-order valence-corrected chi connectivity index (χ0v) is 11.3. The van der Waals surface area contributed by atoms with Crippen LogP contribution >= 0.6 is 0 Å². The molecule has 1 rings (SSSR count). The number of nitrogens with zero attached hydrogens (tertiary/aromatic N) is 1. The van der Waals surface area contributed by atoms with Crippen LogP contribution in [0.25, 0.3) is 0 Å². The summed E-state index contributed by atoms with van der Waals surface area (Å²) in [6.45, 7) is 6.00. The van der Waals surface area contributed by atoms with Gasteiger partial charge in [0, 0.05) is 5.69 Å². The van der Waals surface area contributed by atoms with Gasteiger partial charge in [-0.25, -0.2) is 0 Å². The van der Waals surface area contributed by atoms with E-state index in [2.05, 4.69) is 18.3 Å². The second-order valence-electron chi connectivity index (χ2n) is 4.42. The van der Waals surface area contributed by atoms with Gasteiger partial charge in [-0.3, -0.25) is 4.79 Å². The third-order valence-corrected chi connectivity index (χ3v) is 3.04. The van der Waals surface area contributed by atoms with Crippen LogP contribution in [0.5, 0.6) is 0 Å². The number of nitriles is 1. The number of carbonyl (C=O) groups excluding carboxylic acids is 1. The molecule has 0 aromatic heterocycles. The molecule has 0 aliphatic heterocycles. The summed E-state index contributed by atoms with van der Waals surface area (Å²) in [6, 6.07) is 8.02. The van der Waals surface area contributed by atoms with E-state index in [4.69, 9.17) is 5.26 Å². The average molecular weight is 244 g/mol. The molecule has 96 valence electrons. The van der Waals surface area contributed by atoms with Crippen LogP contribution in [0.1, 0.15) is 37.8 Å². The highest BCUT2D eigenvalue weighted by atomic mass is 16.1. The number of nitrogens with one attached hydrogen (secondary N) is 1. The lowest BCUT2D eigenvalue weighted by Crippen LogP contribution is -2.22. The van der Waals surface area contributed by atoms with Crippen molar-refractivity contribution in [3.05, 3.63) is 29.3 Å². The Bertz CT molecular complexity index is 460. The molecule has 0 fully saturated rings. The molecule has 1 aromatic rings. The molecule has 1 atom stereocenters. The van der Waals surface area contributed by atoms with E-state index in [-0.39, 0.29) is 5.91 Å². The molecule has 0 saturated carbocycles. The second-order valence-corrected chi connectivity index (χ2v) is 4.42. The van der Waals surface area contributed by atoms with Gasteiger partial charge in [-0.1, -0.05) is 38.5 Å². The lowest BCUT2D eigenvalue weighted by molar-refractivity contribution is -0.118. The molecule has 1 N–H and O–H groups in total. The summed E-state index contributed by atoms with van der Waals surface area (Å²) in [6.07, 6.45) is 2.30. The molecule has 0 saturated heterocycles. The Balaban J connectivity index is 2.91. The Morgan fingerprint density at radius 3 is 2.72 bits per heavy atom. The van der Waals surface area contributed by atoms with Crippen molar-refractivity contribution in [1.29, 1.82) is 5.26 Å². The first kappa shape index (κ1) is 14.2. The van der Waals surface area contributed by atoms with Crippen molar-refractivity contribution < 1.29 is 4.79 Å². The van der Waals surface area contributed by atoms with Crippen molar-refractivity contribution in [3.8, 4) is 6.07 Å². The van der Waals surface area contributed by atoms with Crippen molar-refractivity contribution in [3.63, 3.8) is 0 Å². The molecule has 1 unspecified atom stereocenters. The summed E-state index contributed by atoms with van der Waals surface area (Å²) >= 11 is 0. The number of hydrogen-bond acceptors (Lipinski definition) is 2. The van der Waals surface area contributed by atoms with Crippen molar-refractivity contribution >= 4 is 11.6 Å². The van der Waals surface area contributed by atoms with Crippen molar-refractivity contribution in [2.24, 2.45) is 5.92 Å². The van der Waals surface area contributed by atoms with E-state index in [0.29, 0.717) is 6.42 Å². The Hall–Kier alpha value is -1.82. The minimum absolute atomic E-state index is 0.191. The first-order chi connectivity index (χ1) is 8.63. The number of hydrogen-bond donors (Lipinski definition) is 1. The fourth-order valence-corrected chi connectivity index (χ4v) is 1.96. The number of rotatable bonds is 5. The highest BCUT2D eigenvalue weighted by molar-refractivity contribution is 5.95. The van der Waals surface area contributed by atoms with Gasteiger partial charge < -0.3 is 5.32 Å². The van der Waals surface area contributed by atoms with E-state index in [0.717, 1.165) is 29.7 Å². The fraction of sp³-hybridized carbons (Fsp3) is 0.467. The maximum Gasteiger partial charge on any atom is 0.241 e. The highest BCUT2D eigenvalue weighted by Crippen LogP contribution is 2.22. The standard InChI is InChI=1S/C15H20N2O/c1-4-7-13(10-16)15(18)17-14-11(3)8-6-9-12(14)5-2/h6,8-9,13H,4-5,7H2,1-3H3,(H,17,18). The summed E-state index contributed by atoms with van der Waals surface area (Å²) in [5.74, 6) is -0.748. The zero-order valence-electron chi connectivity index (χ0n) is 11.3. The SMILES string of the molecule is CCCC(C#N)C(=O)Nc1c(C)cccc1CC. The molecule has 0 aliphatic carbocycles. The Morgan fingerprint density at radius 2 is 2.17 bits per heavy atom. The van der Waals surface area contributed by atoms with Crippen LogP contribution in [0.4, 0.5) is 5.69 Å². The second kappa shape index (κ2) is 6.80. The number of benzene rings is 1. The summed E-state index contributed by atoms with van der Waals surface area (Å²) in [7, 11) is 0. The minimum atomic E-state index is -0.556. The van der Waals surface area contributed by atoms with Crippen LogP contribution in [0.2, 0.25) is 0 Å². The van der Waals surface area contributed by atoms with E-state index in [1.165, 1.54) is 0 Å². The van der Waals surface area contributed by atoms with Crippen molar-refractivity contribution in [1.82, 2.24) is 0 Å². The molecule has 1 aromatic carbocycles. The average Bonchev–Trinajstić information content (AvgIpc) is 2.38. The lowest BCUT2D eigenvalue weighted by Gasteiger charge is -2.14. The van der Waals surface area contributed by atoms with Crippen molar-refractivity contribution in [2.45, 2.75) is 40.0 Å². The van der Waals surface area contributed by atoms with E-state index < -0.39 is 5.92 Å². The third kappa shape index (κ3) is 3.33. The monoisotopic (exact) mass is 244 g/mol. The highest BCUT2D eigenvalue weighted by Gasteiger charge is 2.18. The first-order valence-corrected chi connectivity index (χ1v) is 6.43. The summed E-state index contributed by atoms with van der Waals surface area (Å²) < 4.78 is 0. The number of amides is 1. The number of anilines is 1. The largest absolute Gasteiger partial charge is 0.324 e. The van der Waals surface area contributed by atoms with Crippen molar-refractivity contribution in [2.75, 3.05) is 5.32 Å². The molecule has 3 heteroatoms. The van der Waals surface area contributed by atoms with Gasteiger partial charge in [0.15, 0.2) is 0 Å². The fourth-order valence-electron chi connectivity index (χ4n) is 1.96. The number of para-hydroxylation sites is 1. The minimum Gasteiger partial charge on any atom is -0.324 e. The van der Waals surface area contributed by atoms with Gasteiger partial charge in [0.25, 0.3) is 0 Å². The summed E-state index contributed by atoms with van der Waals surface area (Å²) in [4.78, 5) is 12.0. The van der Waals surface area contributed by atoms with E-state index in [1.807, 2.05) is 32.0 Å². The zero-order chi connectivity index (χ0) is 13.5. The molecule has 3 nitrogen and oxygen atoms in total. The normalized spacial score (nSPS) is 11.7. The van der Waals surface area contributed by atoms with Gasteiger partial charge in [0.05, 0.1) is 6.07 Å². The summed E-state index contributed by atoms with van der Waals surface area (Å²) in [5.41, 5.74) is 3.01. The van der Waals surface area contributed by atoms with Gasteiger partial charge in [0.1, 0.15) is 5.92 Å². The van der Waals surface area contributed by atoms with E-state index >= 15 is 0 Å². The Labute approximate surface area is 109 Å². The molecular formula is C15H20N2O. The van der Waals surface area contributed by atoms with E-state index in [1.54, 1.807) is 0 Å². The van der Waals surface area contributed by atoms with Crippen LogP contribution in [0.15, 0.2) is 18.2 Å². The summed E-state index contributed by atoms with van der Waals surface area (Å²) in [5, 5.41) is 11.9. The number of carbonyl (C=O) groups is 1. The maximum atomic E-state index is 12.0. The maximum absolute atomic E-state index is 12.0.